The summed E-state index contributed by atoms with van der Waals surface area (Å²) < 4.78 is 1.93. The van der Waals surface area contributed by atoms with E-state index in [4.69, 9.17) is 23.2 Å². The second-order valence-corrected chi connectivity index (χ2v) is 6.15. The first-order valence-corrected chi connectivity index (χ1v) is 7.18. The molecule has 0 radical (unpaired) electrons. The fourth-order valence-corrected chi connectivity index (χ4v) is 3.92. The van der Waals surface area contributed by atoms with Crippen molar-refractivity contribution in [3.63, 3.8) is 0 Å². The molecule has 4 heteroatoms. The fourth-order valence-electron chi connectivity index (χ4n) is 1.69. The van der Waals surface area contributed by atoms with Gasteiger partial charge in [-0.2, -0.15) is 0 Å². The van der Waals surface area contributed by atoms with Crippen LogP contribution in [0.4, 0.5) is 0 Å². The minimum atomic E-state index is 0.659. The highest BCUT2D eigenvalue weighted by atomic mass is 35.5. The molecular weight excluding hydrogens is 279 g/mol. The minimum Gasteiger partial charge on any atom is -0.143 e. The van der Waals surface area contributed by atoms with Crippen molar-refractivity contribution in [2.75, 3.05) is 0 Å². The second-order valence-electron chi connectivity index (χ2n) is 3.38. The maximum atomic E-state index is 6.18. The van der Waals surface area contributed by atoms with Gasteiger partial charge in [-0.3, -0.25) is 0 Å². The second kappa shape index (κ2) is 4.04. The van der Waals surface area contributed by atoms with Crippen LogP contribution in [0.15, 0.2) is 35.0 Å². The third-order valence-electron chi connectivity index (χ3n) is 2.46. The Morgan fingerprint density at radius 1 is 0.875 bits per heavy atom. The SMILES string of the molecule is Clc1scc(-c2csc3ccccc23)c1Cl. The lowest BCUT2D eigenvalue weighted by molar-refractivity contribution is 1.82. The van der Waals surface area contributed by atoms with E-state index < -0.39 is 0 Å². The van der Waals surface area contributed by atoms with Crippen LogP contribution >= 0.6 is 45.9 Å². The standard InChI is InChI=1S/C12H6Cl2S2/c13-11-9(6-16-12(11)14)8-5-15-10-4-2-1-3-7(8)10/h1-6H. The average Bonchev–Trinajstić information content (AvgIpc) is 2.85. The first-order chi connectivity index (χ1) is 7.77. The molecule has 3 aromatic rings. The van der Waals surface area contributed by atoms with Crippen LogP contribution in [0.2, 0.25) is 9.36 Å². The summed E-state index contributed by atoms with van der Waals surface area (Å²) in [6, 6.07) is 8.32. The van der Waals surface area contributed by atoms with Gasteiger partial charge in [-0.15, -0.1) is 22.7 Å². The lowest BCUT2D eigenvalue weighted by Crippen LogP contribution is -1.71. The molecule has 2 aromatic heterocycles. The van der Waals surface area contributed by atoms with E-state index in [9.17, 15) is 0 Å². The van der Waals surface area contributed by atoms with Crippen LogP contribution in [0.3, 0.4) is 0 Å². The predicted octanol–water partition coefficient (Wildman–Crippen LogP) is 5.94. The van der Waals surface area contributed by atoms with E-state index >= 15 is 0 Å². The fraction of sp³-hybridized carbons (Fsp3) is 0. The Bertz CT molecular complexity index is 652. The third kappa shape index (κ3) is 1.57. The first-order valence-electron chi connectivity index (χ1n) is 4.66. The van der Waals surface area contributed by atoms with E-state index in [1.54, 1.807) is 11.3 Å². The summed E-state index contributed by atoms with van der Waals surface area (Å²) in [4.78, 5) is 0. The maximum absolute atomic E-state index is 6.18. The number of halogens is 2. The molecule has 80 valence electrons. The van der Waals surface area contributed by atoms with Gasteiger partial charge < -0.3 is 0 Å². The number of rotatable bonds is 1. The minimum absolute atomic E-state index is 0.659. The average molecular weight is 285 g/mol. The summed E-state index contributed by atoms with van der Waals surface area (Å²) in [5.74, 6) is 0. The molecule has 0 amide bonds. The topological polar surface area (TPSA) is 0 Å². The monoisotopic (exact) mass is 284 g/mol. The number of thiophene rings is 2. The molecule has 0 saturated heterocycles. The van der Waals surface area contributed by atoms with Gasteiger partial charge in [-0.25, -0.2) is 0 Å². The van der Waals surface area contributed by atoms with Crippen molar-refractivity contribution in [3.05, 3.63) is 44.4 Å². The van der Waals surface area contributed by atoms with Crippen LogP contribution in [0.25, 0.3) is 21.2 Å². The summed E-state index contributed by atoms with van der Waals surface area (Å²) in [5.41, 5.74) is 2.21. The quantitative estimate of drug-likeness (QED) is 0.519. The van der Waals surface area contributed by atoms with Crippen molar-refractivity contribution in [2.24, 2.45) is 0 Å². The summed E-state index contributed by atoms with van der Waals surface area (Å²) in [6.45, 7) is 0. The van der Waals surface area contributed by atoms with Crippen LogP contribution in [-0.4, -0.2) is 0 Å². The first kappa shape index (κ1) is 10.6. The van der Waals surface area contributed by atoms with E-state index in [1.165, 1.54) is 27.0 Å². The van der Waals surface area contributed by atoms with Crippen molar-refractivity contribution >= 4 is 56.0 Å². The summed E-state index contributed by atoms with van der Waals surface area (Å²) in [6.07, 6.45) is 0. The molecule has 0 nitrogen and oxygen atoms in total. The molecule has 0 spiro atoms. The molecule has 0 unspecified atom stereocenters. The Morgan fingerprint density at radius 2 is 1.62 bits per heavy atom. The lowest BCUT2D eigenvalue weighted by atomic mass is 10.1. The predicted molar refractivity (Wildman–Crippen MR) is 75.2 cm³/mol. The Morgan fingerprint density at radius 3 is 2.38 bits per heavy atom. The molecule has 16 heavy (non-hydrogen) atoms. The maximum Gasteiger partial charge on any atom is 0.112 e. The van der Waals surface area contributed by atoms with Gasteiger partial charge in [0.15, 0.2) is 0 Å². The molecular formula is C12H6Cl2S2. The van der Waals surface area contributed by atoms with E-state index in [0.29, 0.717) is 9.36 Å². The van der Waals surface area contributed by atoms with Crippen molar-refractivity contribution in [3.8, 4) is 11.1 Å². The molecule has 1 aromatic carbocycles. The molecule has 0 N–H and O–H groups in total. The van der Waals surface area contributed by atoms with Crippen LogP contribution in [0.5, 0.6) is 0 Å². The van der Waals surface area contributed by atoms with Gasteiger partial charge in [0.05, 0.1) is 5.02 Å². The molecule has 0 bridgehead atoms. The van der Waals surface area contributed by atoms with Crippen molar-refractivity contribution < 1.29 is 0 Å². The Balaban J connectivity index is 2.30. The molecule has 0 aliphatic carbocycles. The lowest BCUT2D eigenvalue weighted by Gasteiger charge is -1.96. The van der Waals surface area contributed by atoms with Crippen molar-refractivity contribution in [2.45, 2.75) is 0 Å². The third-order valence-corrected chi connectivity index (χ3v) is 5.25. The molecule has 0 aliphatic heterocycles. The molecule has 3 rings (SSSR count). The van der Waals surface area contributed by atoms with E-state index in [0.717, 1.165) is 5.56 Å². The number of fused-ring (bicyclic) bond motifs is 1. The highest BCUT2D eigenvalue weighted by Gasteiger charge is 2.13. The van der Waals surface area contributed by atoms with Crippen LogP contribution in [0, 0.1) is 0 Å². The van der Waals surface area contributed by atoms with E-state index in [2.05, 4.69) is 17.5 Å². The van der Waals surface area contributed by atoms with Gasteiger partial charge >= 0.3 is 0 Å². The summed E-state index contributed by atoms with van der Waals surface area (Å²) in [5, 5.41) is 6.05. The van der Waals surface area contributed by atoms with Gasteiger partial charge in [-0.05, 0) is 11.4 Å². The number of hydrogen-bond donors (Lipinski definition) is 0. The largest absolute Gasteiger partial charge is 0.143 e. The van der Waals surface area contributed by atoms with Gasteiger partial charge in [-0.1, -0.05) is 41.4 Å². The van der Waals surface area contributed by atoms with Crippen molar-refractivity contribution in [1.82, 2.24) is 0 Å². The Hall–Kier alpha value is -0.540. The molecule has 0 saturated carbocycles. The zero-order valence-corrected chi connectivity index (χ0v) is 11.2. The van der Waals surface area contributed by atoms with Crippen LogP contribution in [-0.2, 0) is 0 Å². The van der Waals surface area contributed by atoms with Crippen LogP contribution in [0.1, 0.15) is 0 Å². The van der Waals surface area contributed by atoms with Crippen molar-refractivity contribution in [1.29, 1.82) is 0 Å². The molecule has 0 aliphatic rings. The molecule has 0 atom stereocenters. The van der Waals surface area contributed by atoms with E-state index in [1.807, 2.05) is 17.5 Å². The van der Waals surface area contributed by atoms with E-state index in [-0.39, 0.29) is 0 Å². The number of benzene rings is 1. The Labute approximate surface area is 111 Å². The zero-order chi connectivity index (χ0) is 11.1. The summed E-state index contributed by atoms with van der Waals surface area (Å²) in [7, 11) is 0. The highest BCUT2D eigenvalue weighted by molar-refractivity contribution is 7.18. The smallest absolute Gasteiger partial charge is 0.112 e. The molecule has 0 fully saturated rings. The van der Waals surface area contributed by atoms with Gasteiger partial charge in [0.1, 0.15) is 4.34 Å². The normalized spacial score (nSPS) is 11.1. The van der Waals surface area contributed by atoms with Crippen LogP contribution < -0.4 is 0 Å². The van der Waals surface area contributed by atoms with Gasteiger partial charge in [0, 0.05) is 26.6 Å². The Kier molecular flexibility index (Phi) is 2.68. The highest BCUT2D eigenvalue weighted by Crippen LogP contribution is 2.43. The van der Waals surface area contributed by atoms with Gasteiger partial charge in [0.2, 0.25) is 0 Å². The summed E-state index contributed by atoms with van der Waals surface area (Å²) >= 11 is 15.4. The number of hydrogen-bond acceptors (Lipinski definition) is 2. The van der Waals surface area contributed by atoms with Gasteiger partial charge in [0.25, 0.3) is 0 Å². The zero-order valence-electron chi connectivity index (χ0n) is 8.04. The molecule has 2 heterocycles.